The monoisotopic (exact) mass is 838 g/mol. The smallest absolute Gasteiger partial charge is 0.164 e. The normalized spacial score (nSPS) is 15.5. The van der Waals surface area contributed by atoms with Gasteiger partial charge in [-0.3, -0.25) is 0 Å². The molecule has 1 heterocycles. The van der Waals surface area contributed by atoms with E-state index in [4.69, 9.17) is 15.0 Å². The van der Waals surface area contributed by atoms with E-state index in [0.717, 1.165) is 22.3 Å². The van der Waals surface area contributed by atoms with Crippen LogP contribution in [0.4, 0.5) is 0 Å². The van der Waals surface area contributed by atoms with Crippen LogP contribution in [-0.2, 0) is 10.8 Å². The molecule has 64 heavy (non-hydrogen) atoms. The molecule has 0 aliphatic heterocycles. The topological polar surface area (TPSA) is 38.7 Å². The Labute approximate surface area is 381 Å². The summed E-state index contributed by atoms with van der Waals surface area (Å²) in [6, 6.07) is 52.5. The average molecular weight is 838 g/mol. The number of nitrogens with zero attached hydrogens (tertiary/aromatic N) is 3. The molecule has 0 radical (unpaired) electrons. The Morgan fingerprint density at radius 1 is 0.344 bits per heavy atom. The second kappa shape index (κ2) is 17.2. The number of hydrogen-bond donors (Lipinski definition) is 0. The summed E-state index contributed by atoms with van der Waals surface area (Å²) in [5.41, 5.74) is 13.7. The van der Waals surface area contributed by atoms with Crippen LogP contribution >= 0.6 is 0 Å². The number of rotatable bonds is 7. The van der Waals surface area contributed by atoms with Gasteiger partial charge in [-0.05, 0) is 133 Å². The molecular formula is C61H63N3. The molecule has 0 atom stereocenters. The molecular weight excluding hydrogens is 775 g/mol. The summed E-state index contributed by atoms with van der Waals surface area (Å²) in [6.07, 6.45) is 13.2. The highest BCUT2D eigenvalue weighted by Crippen LogP contribution is 2.39. The van der Waals surface area contributed by atoms with Gasteiger partial charge >= 0.3 is 0 Å². The molecule has 1 aromatic heterocycles. The SMILES string of the molecule is CC(C)(C)c1cc(-c2ccc3c(ccc4cc(-c5cccc(-c6nc(-c7ccc(C8CCCCC8)cc7)nc(-c7ccc(C8CCCCC8)cc7)n6)c5)ccc43)c2)cc(C(C)(C)C)c1. The van der Waals surface area contributed by atoms with Gasteiger partial charge in [-0.15, -0.1) is 0 Å². The molecule has 0 saturated heterocycles. The number of aromatic nitrogens is 3. The van der Waals surface area contributed by atoms with Crippen LogP contribution in [0.25, 0.3) is 78.0 Å². The van der Waals surface area contributed by atoms with E-state index in [1.165, 1.54) is 125 Å². The van der Waals surface area contributed by atoms with Crippen molar-refractivity contribution < 1.29 is 0 Å². The van der Waals surface area contributed by atoms with Gasteiger partial charge in [0.2, 0.25) is 0 Å². The molecule has 3 heteroatoms. The minimum atomic E-state index is 0.0682. The van der Waals surface area contributed by atoms with Gasteiger partial charge < -0.3 is 0 Å². The van der Waals surface area contributed by atoms with E-state index in [1.807, 2.05) is 0 Å². The molecule has 322 valence electrons. The molecule has 8 aromatic rings. The fraction of sp³-hybridized carbons (Fsp3) is 0.328. The van der Waals surface area contributed by atoms with E-state index >= 15 is 0 Å². The lowest BCUT2D eigenvalue weighted by Crippen LogP contribution is -2.16. The first-order valence-electron chi connectivity index (χ1n) is 24.1. The Balaban J connectivity index is 0.987. The summed E-state index contributed by atoms with van der Waals surface area (Å²) in [7, 11) is 0. The zero-order valence-corrected chi connectivity index (χ0v) is 38.8. The maximum Gasteiger partial charge on any atom is 0.164 e. The van der Waals surface area contributed by atoms with Crippen molar-refractivity contribution in [1.82, 2.24) is 15.0 Å². The van der Waals surface area contributed by atoms with E-state index < -0.39 is 0 Å². The van der Waals surface area contributed by atoms with Crippen molar-refractivity contribution in [3.8, 4) is 56.4 Å². The Kier molecular flexibility index (Phi) is 11.3. The average Bonchev–Trinajstić information content (AvgIpc) is 3.33. The third-order valence-corrected chi connectivity index (χ3v) is 14.4. The summed E-state index contributed by atoms with van der Waals surface area (Å²) < 4.78 is 0. The zero-order chi connectivity index (χ0) is 44.0. The van der Waals surface area contributed by atoms with Crippen molar-refractivity contribution in [2.75, 3.05) is 0 Å². The molecule has 2 aliphatic rings. The van der Waals surface area contributed by atoms with Crippen LogP contribution in [0.15, 0.2) is 140 Å². The molecule has 0 spiro atoms. The second-order valence-corrected chi connectivity index (χ2v) is 21.0. The van der Waals surface area contributed by atoms with Gasteiger partial charge in [0.1, 0.15) is 0 Å². The van der Waals surface area contributed by atoms with Crippen molar-refractivity contribution in [1.29, 1.82) is 0 Å². The van der Waals surface area contributed by atoms with Crippen molar-refractivity contribution in [2.24, 2.45) is 0 Å². The van der Waals surface area contributed by atoms with Crippen LogP contribution in [0.5, 0.6) is 0 Å². The van der Waals surface area contributed by atoms with E-state index in [9.17, 15) is 0 Å². The van der Waals surface area contributed by atoms with Gasteiger partial charge in [0, 0.05) is 16.7 Å². The molecule has 0 bridgehead atoms. The third-order valence-electron chi connectivity index (χ3n) is 14.4. The first-order chi connectivity index (χ1) is 30.9. The van der Waals surface area contributed by atoms with Crippen molar-refractivity contribution in [2.45, 2.75) is 128 Å². The van der Waals surface area contributed by atoms with Gasteiger partial charge in [-0.25, -0.2) is 15.0 Å². The quantitative estimate of drug-likeness (QED) is 0.150. The third kappa shape index (κ3) is 8.79. The molecule has 3 nitrogen and oxygen atoms in total. The van der Waals surface area contributed by atoms with Gasteiger partial charge in [-0.2, -0.15) is 0 Å². The zero-order valence-electron chi connectivity index (χ0n) is 38.8. The van der Waals surface area contributed by atoms with Crippen molar-refractivity contribution in [3.63, 3.8) is 0 Å². The molecule has 2 fully saturated rings. The highest BCUT2D eigenvalue weighted by atomic mass is 15.0. The highest BCUT2D eigenvalue weighted by molar-refractivity contribution is 6.09. The molecule has 2 saturated carbocycles. The summed E-state index contributed by atoms with van der Waals surface area (Å²) >= 11 is 0. The van der Waals surface area contributed by atoms with Crippen LogP contribution in [0.2, 0.25) is 0 Å². The first-order valence-corrected chi connectivity index (χ1v) is 24.1. The molecule has 10 rings (SSSR count). The van der Waals surface area contributed by atoms with E-state index in [0.29, 0.717) is 29.3 Å². The summed E-state index contributed by atoms with van der Waals surface area (Å²) in [5, 5.41) is 5.02. The Bertz CT molecular complexity index is 2840. The molecule has 2 aliphatic carbocycles. The van der Waals surface area contributed by atoms with Gasteiger partial charge in [0.25, 0.3) is 0 Å². The summed E-state index contributed by atoms with van der Waals surface area (Å²) in [5.74, 6) is 3.44. The predicted molar refractivity (Wildman–Crippen MR) is 271 cm³/mol. The van der Waals surface area contributed by atoms with Crippen LogP contribution in [0.3, 0.4) is 0 Å². The fourth-order valence-corrected chi connectivity index (χ4v) is 10.4. The van der Waals surface area contributed by atoms with Crippen molar-refractivity contribution in [3.05, 3.63) is 162 Å². The maximum atomic E-state index is 5.19. The van der Waals surface area contributed by atoms with Gasteiger partial charge in [0.15, 0.2) is 17.5 Å². The summed E-state index contributed by atoms with van der Waals surface area (Å²) in [4.78, 5) is 15.5. The number of fused-ring (bicyclic) bond motifs is 3. The molecule has 0 unspecified atom stereocenters. The number of benzene rings is 7. The van der Waals surface area contributed by atoms with Crippen LogP contribution in [-0.4, -0.2) is 15.0 Å². The van der Waals surface area contributed by atoms with E-state index in [2.05, 4.69) is 181 Å². The van der Waals surface area contributed by atoms with Gasteiger partial charge in [-0.1, -0.05) is 201 Å². The Hall–Kier alpha value is -5.93. The molecule has 0 N–H and O–H groups in total. The lowest BCUT2D eigenvalue weighted by Gasteiger charge is -2.26. The van der Waals surface area contributed by atoms with E-state index in [1.54, 1.807) is 0 Å². The lowest BCUT2D eigenvalue weighted by atomic mass is 9.79. The van der Waals surface area contributed by atoms with Crippen LogP contribution < -0.4 is 0 Å². The number of hydrogen-bond acceptors (Lipinski definition) is 3. The molecule has 0 amide bonds. The minimum Gasteiger partial charge on any atom is -0.208 e. The predicted octanol–water partition coefficient (Wildman–Crippen LogP) is 17.2. The van der Waals surface area contributed by atoms with Crippen LogP contribution in [0, 0.1) is 0 Å². The minimum absolute atomic E-state index is 0.0682. The highest BCUT2D eigenvalue weighted by Gasteiger charge is 2.22. The van der Waals surface area contributed by atoms with Gasteiger partial charge in [0.05, 0.1) is 0 Å². The standard InChI is InChI=1S/C61H63N3/c1-60(2,3)53-37-52(38-54(39-53)61(4,5)6)48-31-33-56-50(35-48)29-28-49-34-47(30-32-55(49)56)46-18-13-19-51(36-46)59-63-57(44-24-20-42(21-25-44)40-14-9-7-10-15-40)62-58(64-59)45-26-22-43(23-27-45)41-16-11-8-12-17-41/h13,18-41H,7-12,14-17H2,1-6H3. The van der Waals surface area contributed by atoms with Crippen LogP contribution in [0.1, 0.15) is 140 Å². The second-order valence-electron chi connectivity index (χ2n) is 21.0. The molecule has 7 aromatic carbocycles. The largest absolute Gasteiger partial charge is 0.208 e. The maximum absolute atomic E-state index is 5.19. The Morgan fingerprint density at radius 2 is 0.734 bits per heavy atom. The van der Waals surface area contributed by atoms with E-state index in [-0.39, 0.29) is 10.8 Å². The lowest BCUT2D eigenvalue weighted by molar-refractivity contribution is 0.443. The van der Waals surface area contributed by atoms with Crippen molar-refractivity contribution >= 4 is 21.5 Å². The first kappa shape index (κ1) is 42.0. The summed E-state index contributed by atoms with van der Waals surface area (Å²) in [6.45, 7) is 13.9. The Morgan fingerprint density at radius 3 is 1.19 bits per heavy atom. The fourth-order valence-electron chi connectivity index (χ4n) is 10.4.